The molecule has 1 aromatic carbocycles. The number of sulfonamides is 1. The number of alkyl halides is 3. The molecule has 1 aromatic rings. The lowest BCUT2D eigenvalue weighted by Crippen LogP contribution is -2.50. The third kappa shape index (κ3) is 8.46. The fourth-order valence-electron chi connectivity index (χ4n) is 2.74. The average molecular weight is 468 g/mol. The number of aryl methyl sites for hydroxylation is 1. The van der Waals surface area contributed by atoms with E-state index in [4.69, 9.17) is 9.90 Å². The number of halogens is 3. The van der Waals surface area contributed by atoms with Crippen LogP contribution in [0, 0.1) is 0 Å². The summed E-state index contributed by atoms with van der Waals surface area (Å²) in [4.78, 5) is 23.3. The predicted molar refractivity (Wildman–Crippen MR) is 108 cm³/mol. The van der Waals surface area contributed by atoms with Crippen LogP contribution in [0.3, 0.4) is 0 Å². The lowest BCUT2D eigenvalue weighted by atomic mass is 10.2. The number of hydrogen-bond acceptors (Lipinski definition) is 5. The zero-order valence-corrected chi connectivity index (χ0v) is 18.3. The van der Waals surface area contributed by atoms with Gasteiger partial charge >= 0.3 is 12.1 Å². The topological polar surface area (TPSA) is 107 Å². The number of amides is 1. The standard InChI is InChI=1S/C17H27N3O3S.C2HF3O2/c1-3-11-20(14-17(21)19-12-9-18-10-13-19)24(22,23)16-7-5-15(4-2)6-8-16;3-2(4,5)1(6)7/h5-8,18H,3-4,9-14H2,1-2H3;(H,6,7). The summed E-state index contributed by atoms with van der Waals surface area (Å²) in [7, 11) is -3.65. The number of carboxylic acids is 1. The van der Waals surface area contributed by atoms with E-state index in [0.717, 1.165) is 25.1 Å². The molecule has 2 rings (SSSR count). The SMILES string of the molecule is CCCN(CC(=O)N1CCNCC1)S(=O)(=O)c1ccc(CC)cc1.O=C(O)C(F)(F)F. The Hall–Kier alpha value is -2.18. The Morgan fingerprint density at radius 2 is 1.65 bits per heavy atom. The number of nitrogens with one attached hydrogen (secondary N) is 1. The molecule has 0 saturated carbocycles. The normalized spacial score (nSPS) is 14.7. The van der Waals surface area contributed by atoms with Crippen LogP contribution in [0.1, 0.15) is 25.8 Å². The number of carbonyl (C=O) groups is 2. The van der Waals surface area contributed by atoms with Crippen molar-refractivity contribution in [3.05, 3.63) is 29.8 Å². The largest absolute Gasteiger partial charge is 0.490 e. The summed E-state index contributed by atoms with van der Waals surface area (Å²) < 4.78 is 58.8. The van der Waals surface area contributed by atoms with Crippen LogP contribution >= 0.6 is 0 Å². The molecule has 0 aromatic heterocycles. The molecule has 1 amide bonds. The number of nitrogens with zero attached hydrogens (tertiary/aromatic N) is 2. The molecule has 1 aliphatic heterocycles. The van der Waals surface area contributed by atoms with Crippen LogP contribution in [-0.4, -0.2) is 80.1 Å². The van der Waals surface area contributed by atoms with Crippen molar-refractivity contribution in [2.45, 2.75) is 37.8 Å². The van der Waals surface area contributed by atoms with Gasteiger partial charge in [0.2, 0.25) is 15.9 Å². The molecule has 0 spiro atoms. The van der Waals surface area contributed by atoms with Crippen molar-refractivity contribution in [2.75, 3.05) is 39.3 Å². The van der Waals surface area contributed by atoms with Crippen molar-refractivity contribution < 1.29 is 36.3 Å². The first-order valence-corrected chi connectivity index (χ1v) is 11.2. The highest BCUT2D eigenvalue weighted by Gasteiger charge is 2.38. The highest BCUT2D eigenvalue weighted by atomic mass is 32.2. The fourth-order valence-corrected chi connectivity index (χ4v) is 4.23. The van der Waals surface area contributed by atoms with Crippen molar-refractivity contribution in [3.8, 4) is 0 Å². The molecule has 2 N–H and O–H groups in total. The van der Waals surface area contributed by atoms with E-state index in [2.05, 4.69) is 5.32 Å². The lowest BCUT2D eigenvalue weighted by molar-refractivity contribution is -0.192. The van der Waals surface area contributed by atoms with Gasteiger partial charge in [0.25, 0.3) is 0 Å². The minimum absolute atomic E-state index is 0.0916. The Balaban J connectivity index is 0.000000592. The predicted octanol–water partition coefficient (Wildman–Crippen LogP) is 1.71. The molecular weight excluding hydrogens is 439 g/mol. The van der Waals surface area contributed by atoms with Crippen LogP contribution in [0.5, 0.6) is 0 Å². The Kier molecular flexibility index (Phi) is 10.4. The van der Waals surface area contributed by atoms with E-state index in [9.17, 15) is 26.4 Å². The van der Waals surface area contributed by atoms with Gasteiger partial charge in [-0.2, -0.15) is 17.5 Å². The fraction of sp³-hybridized carbons (Fsp3) is 0.579. The Labute approximate surface area is 180 Å². The molecular formula is C19H28F3N3O5S. The van der Waals surface area contributed by atoms with Gasteiger partial charge in [-0.1, -0.05) is 26.0 Å². The van der Waals surface area contributed by atoms with E-state index in [1.807, 2.05) is 26.0 Å². The van der Waals surface area contributed by atoms with E-state index in [-0.39, 0.29) is 17.3 Å². The van der Waals surface area contributed by atoms with Gasteiger partial charge in [0.1, 0.15) is 0 Å². The monoisotopic (exact) mass is 467 g/mol. The third-order valence-electron chi connectivity index (χ3n) is 4.47. The number of rotatable bonds is 7. The highest BCUT2D eigenvalue weighted by Crippen LogP contribution is 2.17. The zero-order chi connectivity index (χ0) is 23.7. The second-order valence-corrected chi connectivity index (χ2v) is 8.71. The average Bonchev–Trinajstić information content (AvgIpc) is 2.73. The van der Waals surface area contributed by atoms with Gasteiger partial charge in [-0.05, 0) is 30.5 Å². The summed E-state index contributed by atoms with van der Waals surface area (Å²) in [6.45, 7) is 6.96. The molecule has 0 aliphatic carbocycles. The van der Waals surface area contributed by atoms with Gasteiger partial charge < -0.3 is 15.3 Å². The Bertz CT molecular complexity index is 823. The van der Waals surface area contributed by atoms with Crippen molar-refractivity contribution in [1.82, 2.24) is 14.5 Å². The second kappa shape index (κ2) is 12.0. The summed E-state index contributed by atoms with van der Waals surface area (Å²) in [6, 6.07) is 6.92. The zero-order valence-electron chi connectivity index (χ0n) is 17.5. The van der Waals surface area contributed by atoms with E-state index >= 15 is 0 Å². The van der Waals surface area contributed by atoms with Crippen LogP contribution in [-0.2, 0) is 26.0 Å². The first-order valence-electron chi connectivity index (χ1n) is 9.81. The Morgan fingerprint density at radius 1 is 1.13 bits per heavy atom. The van der Waals surface area contributed by atoms with E-state index in [1.165, 1.54) is 4.31 Å². The molecule has 1 heterocycles. The van der Waals surface area contributed by atoms with Crippen LogP contribution in [0.15, 0.2) is 29.2 Å². The molecule has 1 fully saturated rings. The molecule has 31 heavy (non-hydrogen) atoms. The molecule has 0 atom stereocenters. The number of piperazine rings is 1. The van der Waals surface area contributed by atoms with Gasteiger partial charge in [0.15, 0.2) is 0 Å². The summed E-state index contributed by atoms with van der Waals surface area (Å²) in [5.74, 6) is -2.88. The number of benzene rings is 1. The lowest BCUT2D eigenvalue weighted by Gasteiger charge is -2.30. The van der Waals surface area contributed by atoms with Gasteiger partial charge in [0.05, 0.1) is 11.4 Å². The summed E-state index contributed by atoms with van der Waals surface area (Å²) in [6.07, 6.45) is -3.55. The second-order valence-electron chi connectivity index (χ2n) is 6.77. The van der Waals surface area contributed by atoms with Gasteiger partial charge in [-0.3, -0.25) is 4.79 Å². The van der Waals surface area contributed by atoms with Crippen LogP contribution in [0.4, 0.5) is 13.2 Å². The van der Waals surface area contributed by atoms with E-state index in [0.29, 0.717) is 26.1 Å². The number of hydrogen-bond donors (Lipinski definition) is 2. The third-order valence-corrected chi connectivity index (χ3v) is 6.33. The minimum Gasteiger partial charge on any atom is -0.475 e. The first kappa shape index (κ1) is 26.9. The molecule has 0 radical (unpaired) electrons. The van der Waals surface area contributed by atoms with Crippen LogP contribution in [0.2, 0.25) is 0 Å². The van der Waals surface area contributed by atoms with E-state index in [1.54, 1.807) is 17.0 Å². The molecule has 0 unspecified atom stereocenters. The quantitative estimate of drug-likeness (QED) is 0.632. The van der Waals surface area contributed by atoms with Gasteiger partial charge in [-0.25, -0.2) is 13.2 Å². The maximum Gasteiger partial charge on any atom is 0.490 e. The molecule has 0 bridgehead atoms. The number of aliphatic carboxylic acids is 1. The number of carbonyl (C=O) groups excluding carboxylic acids is 1. The first-order chi connectivity index (χ1) is 14.4. The summed E-state index contributed by atoms with van der Waals surface area (Å²) >= 11 is 0. The van der Waals surface area contributed by atoms with Crippen molar-refractivity contribution >= 4 is 21.9 Å². The molecule has 1 aliphatic rings. The maximum atomic E-state index is 12.9. The van der Waals surface area contributed by atoms with Crippen molar-refractivity contribution in [2.24, 2.45) is 0 Å². The summed E-state index contributed by atoms with van der Waals surface area (Å²) in [5, 5.41) is 10.3. The van der Waals surface area contributed by atoms with Gasteiger partial charge in [-0.15, -0.1) is 0 Å². The van der Waals surface area contributed by atoms with E-state index < -0.39 is 22.2 Å². The van der Waals surface area contributed by atoms with Gasteiger partial charge in [0, 0.05) is 32.7 Å². The molecule has 1 saturated heterocycles. The summed E-state index contributed by atoms with van der Waals surface area (Å²) in [5.41, 5.74) is 1.09. The van der Waals surface area contributed by atoms with Crippen molar-refractivity contribution in [1.29, 1.82) is 0 Å². The highest BCUT2D eigenvalue weighted by molar-refractivity contribution is 7.89. The molecule has 12 heteroatoms. The number of carboxylic acid groups (broad SMARTS) is 1. The van der Waals surface area contributed by atoms with Crippen molar-refractivity contribution in [3.63, 3.8) is 0 Å². The smallest absolute Gasteiger partial charge is 0.475 e. The molecule has 176 valence electrons. The minimum atomic E-state index is -5.08. The van der Waals surface area contributed by atoms with Crippen LogP contribution < -0.4 is 5.32 Å². The maximum absolute atomic E-state index is 12.9. The molecule has 8 nitrogen and oxygen atoms in total. The van der Waals surface area contributed by atoms with Crippen LogP contribution in [0.25, 0.3) is 0 Å². The Morgan fingerprint density at radius 3 is 2.06 bits per heavy atom.